The number of rotatable bonds is 2. The van der Waals surface area contributed by atoms with Crippen molar-refractivity contribution in [1.29, 1.82) is 0 Å². The fourth-order valence-corrected chi connectivity index (χ4v) is 1.17. The minimum Gasteiger partial charge on any atom is -0.315 e. The van der Waals surface area contributed by atoms with E-state index >= 15 is 0 Å². The third kappa shape index (κ3) is 2.67. The molecule has 1 aromatic carbocycles. The number of para-hydroxylation sites is 1. The van der Waals surface area contributed by atoms with Gasteiger partial charge in [-0.05, 0) is 12.1 Å². The van der Waals surface area contributed by atoms with Crippen molar-refractivity contribution < 1.29 is 14.0 Å². The molecular formula is C10H8FN5O2. The lowest BCUT2D eigenvalue weighted by atomic mass is 10.3. The molecule has 92 valence electrons. The maximum atomic E-state index is 13.2. The Bertz CT molecular complexity index is 569. The van der Waals surface area contributed by atoms with Crippen molar-refractivity contribution in [2.45, 2.75) is 0 Å². The monoisotopic (exact) mass is 249 g/mol. The minimum absolute atomic E-state index is 0.0681. The molecule has 8 heteroatoms. The quantitative estimate of drug-likeness (QED) is 0.740. The van der Waals surface area contributed by atoms with Crippen LogP contribution in [-0.4, -0.2) is 26.7 Å². The predicted octanol–water partition coefficient (Wildman–Crippen LogP) is 0.126. The van der Waals surface area contributed by atoms with Gasteiger partial charge in [-0.3, -0.25) is 15.0 Å². The Morgan fingerprint density at radius 1 is 1.11 bits per heavy atom. The number of amides is 2. The maximum Gasteiger partial charge on any atom is 0.328 e. The SMILES string of the molecule is O=C(Nc1ccccc1F)C(=O)Nn1cnnc1. The predicted molar refractivity (Wildman–Crippen MR) is 59.4 cm³/mol. The zero-order chi connectivity index (χ0) is 13.0. The van der Waals surface area contributed by atoms with E-state index in [1.807, 2.05) is 0 Å². The van der Waals surface area contributed by atoms with E-state index in [0.29, 0.717) is 0 Å². The molecule has 2 amide bonds. The molecule has 1 aromatic heterocycles. The Kier molecular flexibility index (Phi) is 3.28. The second kappa shape index (κ2) is 5.04. The van der Waals surface area contributed by atoms with Crippen LogP contribution >= 0.6 is 0 Å². The summed E-state index contributed by atoms with van der Waals surface area (Å²) in [6, 6.07) is 5.53. The van der Waals surface area contributed by atoms with Gasteiger partial charge >= 0.3 is 11.8 Å². The standard InChI is InChI=1S/C10H8FN5O2/c11-7-3-1-2-4-8(7)14-9(17)10(18)15-16-5-12-13-6-16/h1-6H,(H,14,17)(H,15,18). The second-order valence-corrected chi connectivity index (χ2v) is 3.24. The molecule has 0 spiro atoms. The number of carbonyl (C=O) groups excluding carboxylic acids is 2. The van der Waals surface area contributed by atoms with Crippen LogP contribution in [0.15, 0.2) is 36.9 Å². The van der Waals surface area contributed by atoms with Crippen molar-refractivity contribution in [2.24, 2.45) is 0 Å². The average Bonchev–Trinajstić information content (AvgIpc) is 2.84. The van der Waals surface area contributed by atoms with Gasteiger partial charge in [-0.1, -0.05) is 12.1 Å². The molecule has 0 aliphatic rings. The third-order valence-corrected chi connectivity index (χ3v) is 1.98. The van der Waals surface area contributed by atoms with Crippen molar-refractivity contribution in [1.82, 2.24) is 14.9 Å². The summed E-state index contributed by atoms with van der Waals surface area (Å²) in [6.45, 7) is 0. The van der Waals surface area contributed by atoms with Gasteiger partial charge in [0.25, 0.3) is 0 Å². The normalized spacial score (nSPS) is 9.83. The highest BCUT2D eigenvalue weighted by atomic mass is 19.1. The van der Waals surface area contributed by atoms with Gasteiger partial charge in [-0.25, -0.2) is 9.07 Å². The van der Waals surface area contributed by atoms with Crippen LogP contribution in [0.3, 0.4) is 0 Å². The molecule has 0 saturated heterocycles. The van der Waals surface area contributed by atoms with Crippen molar-refractivity contribution >= 4 is 17.5 Å². The first-order valence-electron chi connectivity index (χ1n) is 4.88. The lowest BCUT2D eigenvalue weighted by Gasteiger charge is -2.06. The number of hydrogen-bond acceptors (Lipinski definition) is 4. The molecule has 2 aromatic rings. The van der Waals surface area contributed by atoms with Crippen molar-refractivity contribution in [3.8, 4) is 0 Å². The van der Waals surface area contributed by atoms with E-state index in [2.05, 4.69) is 20.9 Å². The molecule has 0 saturated carbocycles. The lowest BCUT2D eigenvalue weighted by molar-refractivity contribution is -0.133. The minimum atomic E-state index is -0.992. The first kappa shape index (κ1) is 11.7. The molecule has 1 heterocycles. The average molecular weight is 249 g/mol. The van der Waals surface area contributed by atoms with E-state index in [0.717, 1.165) is 4.68 Å². The molecule has 0 radical (unpaired) electrons. The van der Waals surface area contributed by atoms with Gasteiger partial charge in [-0.2, -0.15) is 0 Å². The fraction of sp³-hybridized carbons (Fsp3) is 0. The number of nitrogens with zero attached hydrogens (tertiary/aromatic N) is 3. The van der Waals surface area contributed by atoms with Crippen molar-refractivity contribution in [3.05, 3.63) is 42.7 Å². The number of hydrogen-bond donors (Lipinski definition) is 2. The smallest absolute Gasteiger partial charge is 0.315 e. The zero-order valence-electron chi connectivity index (χ0n) is 9.00. The highest BCUT2D eigenvalue weighted by Gasteiger charge is 2.15. The molecule has 0 unspecified atom stereocenters. The molecule has 2 N–H and O–H groups in total. The number of carbonyl (C=O) groups is 2. The first-order chi connectivity index (χ1) is 8.66. The molecule has 0 aliphatic carbocycles. The van der Waals surface area contributed by atoms with E-state index < -0.39 is 17.6 Å². The molecule has 0 atom stereocenters. The molecular weight excluding hydrogens is 241 g/mol. The van der Waals surface area contributed by atoms with Crippen LogP contribution in [0.5, 0.6) is 0 Å². The first-order valence-corrected chi connectivity index (χ1v) is 4.88. The van der Waals surface area contributed by atoms with Crippen LogP contribution < -0.4 is 10.7 Å². The number of benzene rings is 1. The van der Waals surface area contributed by atoms with Gasteiger partial charge in [0.15, 0.2) is 0 Å². The van der Waals surface area contributed by atoms with Crippen LogP contribution in [0, 0.1) is 5.82 Å². The van der Waals surface area contributed by atoms with E-state index in [9.17, 15) is 14.0 Å². The Labute approximate surface area is 101 Å². The van der Waals surface area contributed by atoms with Crippen molar-refractivity contribution in [2.75, 3.05) is 10.7 Å². The van der Waals surface area contributed by atoms with Crippen LogP contribution in [0.25, 0.3) is 0 Å². The molecule has 0 fully saturated rings. The van der Waals surface area contributed by atoms with E-state index in [4.69, 9.17) is 0 Å². The molecule has 7 nitrogen and oxygen atoms in total. The Morgan fingerprint density at radius 3 is 2.44 bits per heavy atom. The summed E-state index contributed by atoms with van der Waals surface area (Å²) >= 11 is 0. The zero-order valence-corrected chi connectivity index (χ0v) is 9.00. The number of halogens is 1. The van der Waals surface area contributed by atoms with Crippen LogP contribution in [0.2, 0.25) is 0 Å². The molecule has 18 heavy (non-hydrogen) atoms. The van der Waals surface area contributed by atoms with Gasteiger partial charge in [0.05, 0.1) is 5.69 Å². The number of anilines is 1. The fourth-order valence-electron chi connectivity index (χ4n) is 1.17. The summed E-state index contributed by atoms with van der Waals surface area (Å²) in [4.78, 5) is 22.9. The molecule has 0 bridgehead atoms. The number of nitrogens with one attached hydrogen (secondary N) is 2. The van der Waals surface area contributed by atoms with E-state index in [1.54, 1.807) is 0 Å². The highest BCUT2D eigenvalue weighted by Crippen LogP contribution is 2.11. The summed E-state index contributed by atoms with van der Waals surface area (Å²) in [7, 11) is 0. The Morgan fingerprint density at radius 2 is 1.78 bits per heavy atom. The van der Waals surface area contributed by atoms with Gasteiger partial charge < -0.3 is 5.32 Å². The largest absolute Gasteiger partial charge is 0.328 e. The summed E-state index contributed by atoms with van der Waals surface area (Å²) in [5, 5.41) is 9.02. The third-order valence-electron chi connectivity index (χ3n) is 1.98. The maximum absolute atomic E-state index is 13.2. The second-order valence-electron chi connectivity index (χ2n) is 3.24. The summed E-state index contributed by atoms with van der Waals surface area (Å²) in [5.74, 6) is -2.57. The summed E-state index contributed by atoms with van der Waals surface area (Å²) in [6.07, 6.45) is 2.41. The molecule has 0 aliphatic heterocycles. The summed E-state index contributed by atoms with van der Waals surface area (Å²) < 4.78 is 14.3. The Hall–Kier alpha value is -2.77. The van der Waals surface area contributed by atoms with Crippen LogP contribution in [-0.2, 0) is 9.59 Å². The number of aromatic nitrogens is 3. The lowest BCUT2D eigenvalue weighted by Crippen LogP contribution is -2.33. The van der Waals surface area contributed by atoms with Crippen molar-refractivity contribution in [3.63, 3.8) is 0 Å². The van der Waals surface area contributed by atoms with E-state index in [1.165, 1.54) is 36.9 Å². The summed E-state index contributed by atoms with van der Waals surface area (Å²) in [5.41, 5.74) is 2.11. The van der Waals surface area contributed by atoms with Gasteiger partial charge in [0, 0.05) is 0 Å². The van der Waals surface area contributed by atoms with Crippen LogP contribution in [0.1, 0.15) is 0 Å². The topological polar surface area (TPSA) is 88.9 Å². The molecule has 2 rings (SSSR count). The van der Waals surface area contributed by atoms with E-state index in [-0.39, 0.29) is 5.69 Å². The van der Waals surface area contributed by atoms with Gasteiger partial charge in [0.1, 0.15) is 18.5 Å². The highest BCUT2D eigenvalue weighted by molar-refractivity contribution is 6.42. The Balaban J connectivity index is 2.00. The van der Waals surface area contributed by atoms with Gasteiger partial charge in [-0.15, -0.1) is 10.2 Å². The van der Waals surface area contributed by atoms with Gasteiger partial charge in [0.2, 0.25) is 0 Å². The van der Waals surface area contributed by atoms with Crippen LogP contribution in [0.4, 0.5) is 10.1 Å².